The third-order valence-corrected chi connectivity index (χ3v) is 2.21. The Morgan fingerprint density at radius 3 is 2.83 bits per heavy atom. The van der Waals surface area contributed by atoms with Gasteiger partial charge in [-0.05, 0) is 30.7 Å². The van der Waals surface area contributed by atoms with Gasteiger partial charge in [0.1, 0.15) is 12.4 Å². The van der Waals surface area contributed by atoms with Crippen LogP contribution < -0.4 is 0 Å². The predicted molar refractivity (Wildman–Crippen MR) is 66.5 cm³/mol. The van der Waals surface area contributed by atoms with Crippen LogP contribution in [0.5, 0.6) is 0 Å². The van der Waals surface area contributed by atoms with Crippen molar-refractivity contribution < 1.29 is 19.0 Å². The second kappa shape index (κ2) is 7.83. The van der Waals surface area contributed by atoms with E-state index < -0.39 is 0 Å². The maximum Gasteiger partial charge on any atom is 0.124 e. The Morgan fingerprint density at radius 1 is 1.39 bits per heavy atom. The van der Waals surface area contributed by atoms with Gasteiger partial charge in [0.05, 0.1) is 19.3 Å². The highest BCUT2D eigenvalue weighted by molar-refractivity contribution is 5.37. The van der Waals surface area contributed by atoms with Crippen molar-refractivity contribution in [1.82, 2.24) is 0 Å². The highest BCUT2D eigenvalue weighted by Gasteiger charge is 2.04. The van der Waals surface area contributed by atoms with Crippen LogP contribution >= 0.6 is 0 Å². The molecule has 3 nitrogen and oxygen atoms in total. The lowest BCUT2D eigenvalue weighted by Gasteiger charge is -2.12. The molecule has 1 unspecified atom stereocenters. The Hall–Kier alpha value is -1.41. The summed E-state index contributed by atoms with van der Waals surface area (Å²) in [5, 5.41) is 8.60. The van der Waals surface area contributed by atoms with Crippen molar-refractivity contribution in [2.75, 3.05) is 20.3 Å². The number of ether oxygens (including phenoxy) is 2. The third-order valence-electron chi connectivity index (χ3n) is 2.21. The first-order valence-corrected chi connectivity index (χ1v) is 5.65. The Kier molecular flexibility index (Phi) is 6.37. The number of hydrogen-bond donors (Lipinski definition) is 1. The first-order chi connectivity index (χ1) is 8.65. The first-order valence-electron chi connectivity index (χ1n) is 5.65. The summed E-state index contributed by atoms with van der Waals surface area (Å²) < 4.78 is 23.8. The number of aliphatic hydroxyl groups is 1. The van der Waals surface area contributed by atoms with E-state index in [4.69, 9.17) is 14.6 Å². The second-order valence-electron chi connectivity index (χ2n) is 3.89. The average Bonchev–Trinajstić information content (AvgIpc) is 2.34. The number of halogens is 1. The number of rotatable bonds is 5. The summed E-state index contributed by atoms with van der Waals surface area (Å²) in [5.41, 5.74) is 1.24. The maximum absolute atomic E-state index is 13.3. The highest BCUT2D eigenvalue weighted by Crippen LogP contribution is 2.10. The van der Waals surface area contributed by atoms with Gasteiger partial charge >= 0.3 is 0 Å². The van der Waals surface area contributed by atoms with Gasteiger partial charge in [0.2, 0.25) is 0 Å². The molecule has 0 fully saturated rings. The largest absolute Gasteiger partial charge is 0.384 e. The van der Waals surface area contributed by atoms with E-state index in [1.807, 2.05) is 6.92 Å². The first kappa shape index (κ1) is 14.7. The van der Waals surface area contributed by atoms with Gasteiger partial charge in [-0.15, -0.1) is 0 Å². The fourth-order valence-corrected chi connectivity index (χ4v) is 1.47. The standard InChI is InChI=1S/C14H17FO3/c1-11(9-17-2)18-10-13-6-12(4-3-5-16)7-14(15)8-13/h6-8,11,16H,5,9-10H2,1-2H3. The zero-order chi connectivity index (χ0) is 13.4. The van der Waals surface area contributed by atoms with E-state index in [1.165, 1.54) is 12.1 Å². The van der Waals surface area contributed by atoms with E-state index in [0.717, 1.165) is 0 Å². The minimum Gasteiger partial charge on any atom is -0.384 e. The Labute approximate surface area is 107 Å². The molecule has 0 bridgehead atoms. The zero-order valence-electron chi connectivity index (χ0n) is 10.6. The number of hydrogen-bond acceptors (Lipinski definition) is 3. The molecule has 0 amide bonds. The normalized spacial score (nSPS) is 11.8. The molecule has 0 heterocycles. The van der Waals surface area contributed by atoms with Gasteiger partial charge in [-0.25, -0.2) is 4.39 Å². The minimum absolute atomic E-state index is 0.0507. The van der Waals surface area contributed by atoms with Gasteiger partial charge in [-0.3, -0.25) is 0 Å². The second-order valence-corrected chi connectivity index (χ2v) is 3.89. The van der Waals surface area contributed by atoms with Crippen LogP contribution in [-0.4, -0.2) is 31.5 Å². The van der Waals surface area contributed by atoms with Gasteiger partial charge in [0.25, 0.3) is 0 Å². The molecule has 1 aromatic carbocycles. The third kappa shape index (κ3) is 5.28. The Balaban J connectivity index is 2.68. The summed E-state index contributed by atoms with van der Waals surface area (Å²) in [7, 11) is 1.60. The van der Waals surface area contributed by atoms with Crippen LogP contribution in [0.4, 0.5) is 4.39 Å². The molecule has 0 radical (unpaired) electrons. The van der Waals surface area contributed by atoms with Crippen molar-refractivity contribution in [3.63, 3.8) is 0 Å². The zero-order valence-corrected chi connectivity index (χ0v) is 10.6. The highest BCUT2D eigenvalue weighted by atomic mass is 19.1. The molecular weight excluding hydrogens is 235 g/mol. The molecule has 4 heteroatoms. The fourth-order valence-electron chi connectivity index (χ4n) is 1.47. The topological polar surface area (TPSA) is 38.7 Å². The molecule has 18 heavy (non-hydrogen) atoms. The van der Waals surface area contributed by atoms with Gasteiger partial charge in [-0.1, -0.05) is 11.8 Å². The lowest BCUT2D eigenvalue weighted by Crippen LogP contribution is -2.14. The Bertz CT molecular complexity index is 434. The minimum atomic E-state index is -0.363. The summed E-state index contributed by atoms with van der Waals surface area (Å²) in [6, 6.07) is 4.47. The van der Waals surface area contributed by atoms with Gasteiger partial charge in [0.15, 0.2) is 0 Å². The van der Waals surface area contributed by atoms with E-state index >= 15 is 0 Å². The van der Waals surface area contributed by atoms with Crippen molar-refractivity contribution in [2.24, 2.45) is 0 Å². The smallest absolute Gasteiger partial charge is 0.124 e. The molecule has 0 aliphatic heterocycles. The molecule has 0 aromatic heterocycles. The van der Waals surface area contributed by atoms with E-state index in [-0.39, 0.29) is 18.5 Å². The van der Waals surface area contributed by atoms with Crippen molar-refractivity contribution in [3.05, 3.63) is 35.1 Å². The lowest BCUT2D eigenvalue weighted by atomic mass is 10.1. The molecule has 0 saturated carbocycles. The van der Waals surface area contributed by atoms with E-state index in [2.05, 4.69) is 11.8 Å². The van der Waals surface area contributed by atoms with Crippen molar-refractivity contribution in [1.29, 1.82) is 0 Å². The van der Waals surface area contributed by atoms with Crippen LogP contribution in [0.15, 0.2) is 18.2 Å². The SMILES string of the molecule is COCC(C)OCc1cc(F)cc(C#CCO)c1. The van der Waals surface area contributed by atoms with Crippen LogP contribution in [0.2, 0.25) is 0 Å². The molecule has 0 spiro atoms. The number of methoxy groups -OCH3 is 1. The van der Waals surface area contributed by atoms with Gasteiger partial charge < -0.3 is 14.6 Å². The molecule has 1 rings (SSSR count). The van der Waals surface area contributed by atoms with Crippen LogP contribution in [0, 0.1) is 17.7 Å². The van der Waals surface area contributed by atoms with Crippen LogP contribution in [0.1, 0.15) is 18.1 Å². The molecular formula is C14H17FO3. The molecule has 0 aliphatic carbocycles. The van der Waals surface area contributed by atoms with E-state index in [1.54, 1.807) is 13.2 Å². The molecule has 1 N–H and O–H groups in total. The average molecular weight is 252 g/mol. The van der Waals surface area contributed by atoms with Crippen LogP contribution in [0.25, 0.3) is 0 Å². The van der Waals surface area contributed by atoms with Gasteiger partial charge in [0, 0.05) is 12.7 Å². The van der Waals surface area contributed by atoms with E-state index in [9.17, 15) is 4.39 Å². The van der Waals surface area contributed by atoms with Gasteiger partial charge in [-0.2, -0.15) is 0 Å². The maximum atomic E-state index is 13.3. The fraction of sp³-hybridized carbons (Fsp3) is 0.429. The van der Waals surface area contributed by atoms with Crippen molar-refractivity contribution in [2.45, 2.75) is 19.6 Å². The quantitative estimate of drug-likeness (QED) is 0.811. The molecule has 1 aromatic rings. The van der Waals surface area contributed by atoms with Crippen molar-refractivity contribution in [3.8, 4) is 11.8 Å². The summed E-state index contributed by atoms with van der Waals surface area (Å²) in [6.45, 7) is 2.44. The predicted octanol–water partition coefficient (Wildman–Crippen LogP) is 1.72. The lowest BCUT2D eigenvalue weighted by molar-refractivity contribution is -0.000208. The molecule has 0 aliphatic rings. The van der Waals surface area contributed by atoms with Crippen molar-refractivity contribution >= 4 is 0 Å². The van der Waals surface area contributed by atoms with Crippen LogP contribution in [0.3, 0.4) is 0 Å². The number of aliphatic hydroxyl groups excluding tert-OH is 1. The number of benzene rings is 1. The Morgan fingerprint density at radius 2 is 2.17 bits per heavy atom. The summed E-state index contributed by atoms with van der Waals surface area (Å²) in [4.78, 5) is 0. The molecule has 0 saturated heterocycles. The summed E-state index contributed by atoms with van der Waals surface area (Å²) in [5.74, 6) is 4.79. The molecule has 98 valence electrons. The van der Waals surface area contributed by atoms with Crippen LogP contribution in [-0.2, 0) is 16.1 Å². The van der Waals surface area contributed by atoms with E-state index in [0.29, 0.717) is 24.3 Å². The monoisotopic (exact) mass is 252 g/mol. The summed E-state index contributed by atoms with van der Waals surface area (Å²) >= 11 is 0. The summed E-state index contributed by atoms with van der Waals surface area (Å²) in [6.07, 6.45) is -0.0507. The molecule has 1 atom stereocenters.